The van der Waals surface area contributed by atoms with E-state index in [1.165, 1.54) is 5.56 Å². The van der Waals surface area contributed by atoms with Crippen LogP contribution in [0, 0.1) is 0 Å². The summed E-state index contributed by atoms with van der Waals surface area (Å²) in [5, 5.41) is 3.20. The number of primary amides is 1. The van der Waals surface area contributed by atoms with Gasteiger partial charge in [0.2, 0.25) is 5.91 Å². The summed E-state index contributed by atoms with van der Waals surface area (Å²) < 4.78 is 0. The normalized spacial score (nSPS) is 12.8. The van der Waals surface area contributed by atoms with Gasteiger partial charge in [-0.1, -0.05) is 13.8 Å². The van der Waals surface area contributed by atoms with Crippen molar-refractivity contribution >= 4 is 5.91 Å². The summed E-state index contributed by atoms with van der Waals surface area (Å²) in [6, 6.07) is 4.06. The van der Waals surface area contributed by atoms with Crippen LogP contribution in [0.2, 0.25) is 0 Å². The van der Waals surface area contributed by atoms with Crippen LogP contribution in [0.15, 0.2) is 24.5 Å². The van der Waals surface area contributed by atoms with Crippen LogP contribution in [0.25, 0.3) is 0 Å². The van der Waals surface area contributed by atoms with Crippen LogP contribution in [0.3, 0.4) is 0 Å². The minimum atomic E-state index is -0.277. The Bertz CT molecular complexity index is 394. The predicted molar refractivity (Wildman–Crippen MR) is 81.3 cm³/mol. The first-order valence-corrected chi connectivity index (χ1v) is 7.12. The van der Waals surface area contributed by atoms with Crippen molar-refractivity contribution in [3.63, 3.8) is 0 Å². The Morgan fingerprint density at radius 2 is 2.00 bits per heavy atom. The van der Waals surface area contributed by atoms with Crippen molar-refractivity contribution in [2.45, 2.75) is 38.8 Å². The van der Waals surface area contributed by atoms with Crippen LogP contribution in [-0.4, -0.2) is 48.0 Å². The van der Waals surface area contributed by atoms with Gasteiger partial charge in [0.05, 0.1) is 6.04 Å². The molecule has 112 valence electrons. The number of amides is 1. The average molecular weight is 278 g/mol. The molecule has 0 aliphatic rings. The number of aromatic nitrogens is 1. The molecule has 1 aromatic rings. The van der Waals surface area contributed by atoms with E-state index in [1.54, 1.807) is 0 Å². The zero-order valence-corrected chi connectivity index (χ0v) is 12.7. The van der Waals surface area contributed by atoms with Crippen molar-refractivity contribution in [1.82, 2.24) is 15.2 Å². The number of hydrogen-bond acceptors (Lipinski definition) is 4. The van der Waals surface area contributed by atoms with E-state index in [0.29, 0.717) is 0 Å². The fourth-order valence-electron chi connectivity index (χ4n) is 2.04. The van der Waals surface area contributed by atoms with E-state index in [-0.39, 0.29) is 18.0 Å². The molecule has 5 heteroatoms. The predicted octanol–water partition coefficient (Wildman–Crippen LogP) is 0.798. The van der Waals surface area contributed by atoms with E-state index < -0.39 is 0 Å². The van der Waals surface area contributed by atoms with Crippen LogP contribution in [0.5, 0.6) is 0 Å². The third-order valence-corrected chi connectivity index (χ3v) is 3.21. The quantitative estimate of drug-likeness (QED) is 0.701. The highest BCUT2D eigenvalue weighted by Crippen LogP contribution is 2.01. The Kier molecular flexibility index (Phi) is 7.18. The lowest BCUT2D eigenvalue weighted by molar-refractivity contribution is -0.120. The molecule has 0 fully saturated rings. The van der Waals surface area contributed by atoms with Crippen LogP contribution < -0.4 is 11.1 Å². The van der Waals surface area contributed by atoms with E-state index in [1.807, 2.05) is 38.4 Å². The Hall–Kier alpha value is -1.46. The second-order valence-electron chi connectivity index (χ2n) is 5.47. The average Bonchev–Trinajstić information content (AvgIpc) is 2.41. The molecule has 0 radical (unpaired) electrons. The fourth-order valence-corrected chi connectivity index (χ4v) is 2.04. The Labute approximate surface area is 121 Å². The number of hydrogen-bond donors (Lipinski definition) is 2. The third-order valence-electron chi connectivity index (χ3n) is 3.21. The van der Waals surface area contributed by atoms with Gasteiger partial charge in [0.15, 0.2) is 0 Å². The Morgan fingerprint density at radius 1 is 1.35 bits per heavy atom. The molecule has 1 heterocycles. The maximum atomic E-state index is 11.4. The fraction of sp³-hybridized carbons (Fsp3) is 0.600. The van der Waals surface area contributed by atoms with Gasteiger partial charge in [0, 0.05) is 25.0 Å². The van der Waals surface area contributed by atoms with Gasteiger partial charge < -0.3 is 16.0 Å². The maximum Gasteiger partial charge on any atom is 0.234 e. The molecule has 1 atom stereocenters. The number of pyridine rings is 1. The van der Waals surface area contributed by atoms with E-state index in [9.17, 15) is 4.79 Å². The highest BCUT2D eigenvalue weighted by atomic mass is 16.1. The van der Waals surface area contributed by atoms with Gasteiger partial charge in [0.1, 0.15) is 0 Å². The van der Waals surface area contributed by atoms with Gasteiger partial charge in [-0.2, -0.15) is 0 Å². The van der Waals surface area contributed by atoms with E-state index in [4.69, 9.17) is 5.73 Å². The molecule has 5 nitrogen and oxygen atoms in total. The lowest BCUT2D eigenvalue weighted by Gasteiger charge is -2.22. The van der Waals surface area contributed by atoms with Crippen LogP contribution >= 0.6 is 0 Å². The number of carbonyl (C=O) groups is 1. The van der Waals surface area contributed by atoms with Crippen molar-refractivity contribution in [2.75, 3.05) is 20.1 Å². The number of nitrogens with zero attached hydrogens (tertiary/aromatic N) is 2. The lowest BCUT2D eigenvalue weighted by atomic mass is 10.1. The standard InChI is InChI=1S/C15H26N4O/c1-12(2)18-14(15(16)20)7-11-19(3)10-6-13-4-8-17-9-5-13/h4-5,8-9,12,14,18H,6-7,10-11H2,1-3H3,(H2,16,20). The van der Waals surface area contributed by atoms with Crippen molar-refractivity contribution < 1.29 is 4.79 Å². The van der Waals surface area contributed by atoms with Crippen molar-refractivity contribution in [3.8, 4) is 0 Å². The van der Waals surface area contributed by atoms with Gasteiger partial charge in [-0.3, -0.25) is 9.78 Å². The number of nitrogens with one attached hydrogen (secondary N) is 1. The van der Waals surface area contributed by atoms with Gasteiger partial charge in [-0.15, -0.1) is 0 Å². The molecule has 0 bridgehead atoms. The van der Waals surface area contributed by atoms with E-state index in [0.717, 1.165) is 25.9 Å². The number of nitrogens with two attached hydrogens (primary N) is 1. The van der Waals surface area contributed by atoms with Gasteiger partial charge >= 0.3 is 0 Å². The molecule has 1 rings (SSSR count). The van der Waals surface area contributed by atoms with Gasteiger partial charge in [0.25, 0.3) is 0 Å². The second-order valence-corrected chi connectivity index (χ2v) is 5.47. The molecule has 0 aliphatic heterocycles. The Balaban J connectivity index is 2.30. The first kappa shape index (κ1) is 16.6. The third kappa shape index (κ3) is 6.63. The van der Waals surface area contributed by atoms with Crippen molar-refractivity contribution in [2.24, 2.45) is 5.73 Å². The molecule has 1 unspecified atom stereocenters. The minimum Gasteiger partial charge on any atom is -0.368 e. The molecule has 0 aromatic carbocycles. The van der Waals surface area contributed by atoms with Gasteiger partial charge in [-0.05, 0) is 44.1 Å². The lowest BCUT2D eigenvalue weighted by Crippen LogP contribution is -2.46. The number of rotatable bonds is 9. The summed E-state index contributed by atoms with van der Waals surface area (Å²) in [4.78, 5) is 17.6. The van der Waals surface area contributed by atoms with Gasteiger partial charge in [-0.25, -0.2) is 0 Å². The summed E-state index contributed by atoms with van der Waals surface area (Å²) in [6.07, 6.45) is 5.34. The van der Waals surface area contributed by atoms with Crippen molar-refractivity contribution in [3.05, 3.63) is 30.1 Å². The summed E-state index contributed by atoms with van der Waals surface area (Å²) in [6.45, 7) is 5.84. The zero-order chi connectivity index (χ0) is 15.0. The maximum absolute atomic E-state index is 11.4. The summed E-state index contributed by atoms with van der Waals surface area (Å²) in [5.74, 6) is -0.277. The zero-order valence-electron chi connectivity index (χ0n) is 12.7. The molecule has 1 amide bonds. The summed E-state index contributed by atoms with van der Waals surface area (Å²) >= 11 is 0. The largest absolute Gasteiger partial charge is 0.368 e. The van der Waals surface area contributed by atoms with Crippen LogP contribution in [0.4, 0.5) is 0 Å². The summed E-state index contributed by atoms with van der Waals surface area (Å²) in [7, 11) is 2.06. The minimum absolute atomic E-state index is 0.252. The first-order valence-electron chi connectivity index (χ1n) is 7.12. The highest BCUT2D eigenvalue weighted by Gasteiger charge is 2.16. The van der Waals surface area contributed by atoms with Crippen LogP contribution in [-0.2, 0) is 11.2 Å². The van der Waals surface area contributed by atoms with Crippen LogP contribution in [0.1, 0.15) is 25.8 Å². The molecule has 20 heavy (non-hydrogen) atoms. The number of likely N-dealkylation sites (N-methyl/N-ethyl adjacent to an activating group) is 1. The first-order chi connectivity index (χ1) is 9.49. The number of carbonyl (C=O) groups excluding carboxylic acids is 1. The molecular formula is C15H26N4O. The monoisotopic (exact) mass is 278 g/mol. The van der Waals surface area contributed by atoms with Crippen molar-refractivity contribution in [1.29, 1.82) is 0 Å². The van der Waals surface area contributed by atoms with E-state index in [2.05, 4.69) is 22.2 Å². The molecule has 0 aliphatic carbocycles. The Morgan fingerprint density at radius 3 is 2.55 bits per heavy atom. The highest BCUT2D eigenvalue weighted by molar-refractivity contribution is 5.79. The molecule has 0 spiro atoms. The summed E-state index contributed by atoms with van der Waals surface area (Å²) in [5.41, 5.74) is 6.69. The SMILES string of the molecule is CC(C)NC(CCN(C)CCc1ccncc1)C(N)=O. The molecular weight excluding hydrogens is 252 g/mol. The molecule has 3 N–H and O–H groups in total. The topological polar surface area (TPSA) is 71.2 Å². The molecule has 0 saturated carbocycles. The molecule has 0 saturated heterocycles. The molecule has 1 aromatic heterocycles. The van der Waals surface area contributed by atoms with E-state index >= 15 is 0 Å². The smallest absolute Gasteiger partial charge is 0.234 e. The second kappa shape index (κ2) is 8.66.